The van der Waals surface area contributed by atoms with Crippen LogP contribution in [0.25, 0.3) is 0 Å². The molecular weight excluding hydrogens is 387 g/mol. The first-order valence-corrected chi connectivity index (χ1v) is 9.01. The number of anilines is 1. The van der Waals surface area contributed by atoms with Crippen molar-refractivity contribution in [2.45, 2.75) is 27.0 Å². The van der Waals surface area contributed by atoms with Gasteiger partial charge >= 0.3 is 0 Å². The average Bonchev–Trinajstić information content (AvgIpc) is 3.00. The number of amides is 1. The van der Waals surface area contributed by atoms with Crippen LogP contribution in [0, 0.1) is 13.8 Å². The van der Waals surface area contributed by atoms with E-state index >= 15 is 0 Å². The van der Waals surface area contributed by atoms with Crippen LogP contribution in [0.4, 0.5) is 5.69 Å². The number of carbonyl (C=O) groups is 1. The van der Waals surface area contributed by atoms with Crippen molar-refractivity contribution in [1.82, 2.24) is 15.0 Å². The molecule has 0 atom stereocenters. The predicted octanol–water partition coefficient (Wildman–Crippen LogP) is 3.99. The van der Waals surface area contributed by atoms with E-state index in [-0.39, 0.29) is 18.2 Å². The fraction of sp³-hybridized carbons (Fsp3) is 0.211. The van der Waals surface area contributed by atoms with Gasteiger partial charge in [0.25, 0.3) is 5.91 Å². The first-order chi connectivity index (χ1) is 12.9. The van der Waals surface area contributed by atoms with Crippen LogP contribution >= 0.6 is 23.2 Å². The molecule has 140 valence electrons. The van der Waals surface area contributed by atoms with Crippen LogP contribution in [-0.4, -0.2) is 26.0 Å². The van der Waals surface area contributed by atoms with Crippen molar-refractivity contribution in [1.29, 1.82) is 0 Å². The Labute approximate surface area is 166 Å². The van der Waals surface area contributed by atoms with Crippen LogP contribution in [0.5, 0.6) is 0 Å². The van der Waals surface area contributed by atoms with Gasteiger partial charge < -0.3 is 10.4 Å². The Hall–Kier alpha value is -2.41. The van der Waals surface area contributed by atoms with Crippen LogP contribution in [0.3, 0.4) is 0 Å². The van der Waals surface area contributed by atoms with Crippen molar-refractivity contribution in [3.63, 3.8) is 0 Å². The summed E-state index contributed by atoms with van der Waals surface area (Å²) in [5.41, 5.74) is 3.97. The van der Waals surface area contributed by atoms with E-state index in [1.807, 2.05) is 19.1 Å². The maximum Gasteiger partial charge on any atom is 0.278 e. The molecule has 3 aromatic rings. The fourth-order valence-electron chi connectivity index (χ4n) is 2.70. The Bertz CT molecular complexity index is 1000. The molecule has 27 heavy (non-hydrogen) atoms. The summed E-state index contributed by atoms with van der Waals surface area (Å²) in [6.45, 7) is 3.95. The Morgan fingerprint density at radius 1 is 1.19 bits per heavy atom. The predicted molar refractivity (Wildman–Crippen MR) is 105 cm³/mol. The number of halogens is 2. The van der Waals surface area contributed by atoms with E-state index in [2.05, 4.69) is 15.6 Å². The van der Waals surface area contributed by atoms with Crippen molar-refractivity contribution in [2.75, 3.05) is 5.32 Å². The number of hydrogen-bond acceptors (Lipinski definition) is 4. The molecule has 0 spiro atoms. The molecule has 2 N–H and O–H groups in total. The molecule has 8 heteroatoms. The molecule has 0 aliphatic rings. The minimum absolute atomic E-state index is 0.0889. The second kappa shape index (κ2) is 8.08. The van der Waals surface area contributed by atoms with Gasteiger partial charge in [0.15, 0.2) is 5.69 Å². The smallest absolute Gasteiger partial charge is 0.278 e. The van der Waals surface area contributed by atoms with Crippen LogP contribution in [0.15, 0.2) is 36.4 Å². The van der Waals surface area contributed by atoms with Crippen molar-refractivity contribution in [2.24, 2.45) is 0 Å². The standard InChI is InChI=1S/C19H18Cl2N4O2/c1-11-14(10-26)4-3-5-17(11)22-19(27)18-12(2)25(24-23-18)9-13-6-7-15(20)16(21)8-13/h3-8,26H,9-10H2,1-2H3,(H,22,27). The van der Waals surface area contributed by atoms with Crippen LogP contribution in [-0.2, 0) is 13.2 Å². The molecule has 0 aliphatic heterocycles. The van der Waals surface area contributed by atoms with Gasteiger partial charge in [-0.05, 0) is 48.7 Å². The highest BCUT2D eigenvalue weighted by Gasteiger charge is 2.18. The molecule has 2 aromatic carbocycles. The lowest BCUT2D eigenvalue weighted by molar-refractivity contribution is 0.102. The highest BCUT2D eigenvalue weighted by atomic mass is 35.5. The third kappa shape index (κ3) is 4.13. The molecule has 1 aromatic heterocycles. The van der Waals surface area contributed by atoms with E-state index in [0.717, 1.165) is 16.7 Å². The van der Waals surface area contributed by atoms with Crippen LogP contribution in [0.1, 0.15) is 32.9 Å². The summed E-state index contributed by atoms with van der Waals surface area (Å²) < 4.78 is 1.63. The Balaban J connectivity index is 1.80. The molecular formula is C19H18Cl2N4O2. The van der Waals surface area contributed by atoms with Crippen molar-refractivity contribution >= 4 is 34.8 Å². The fourth-order valence-corrected chi connectivity index (χ4v) is 3.02. The maximum absolute atomic E-state index is 12.6. The lowest BCUT2D eigenvalue weighted by atomic mass is 10.1. The number of hydrogen-bond donors (Lipinski definition) is 2. The number of aliphatic hydroxyl groups excluding tert-OH is 1. The summed E-state index contributed by atoms with van der Waals surface area (Å²) in [7, 11) is 0. The molecule has 0 saturated heterocycles. The molecule has 0 radical (unpaired) electrons. The maximum atomic E-state index is 12.6. The molecule has 0 unspecified atom stereocenters. The minimum atomic E-state index is -0.355. The molecule has 3 rings (SSSR count). The van der Waals surface area contributed by atoms with Crippen molar-refractivity contribution < 1.29 is 9.90 Å². The molecule has 0 bridgehead atoms. The third-order valence-electron chi connectivity index (χ3n) is 4.38. The third-order valence-corrected chi connectivity index (χ3v) is 5.12. The Kier molecular flexibility index (Phi) is 5.79. The first kappa shape index (κ1) is 19.4. The lowest BCUT2D eigenvalue weighted by Crippen LogP contribution is -2.15. The van der Waals surface area contributed by atoms with E-state index in [1.54, 1.807) is 35.9 Å². The van der Waals surface area contributed by atoms with Crippen LogP contribution < -0.4 is 5.32 Å². The van der Waals surface area contributed by atoms with E-state index < -0.39 is 0 Å². The van der Waals surface area contributed by atoms with Gasteiger partial charge in [-0.15, -0.1) is 5.10 Å². The highest BCUT2D eigenvalue weighted by molar-refractivity contribution is 6.42. The van der Waals surface area contributed by atoms with Crippen molar-refractivity contribution in [3.8, 4) is 0 Å². The summed E-state index contributed by atoms with van der Waals surface area (Å²) in [5, 5.41) is 21.2. The molecule has 6 nitrogen and oxygen atoms in total. The summed E-state index contributed by atoms with van der Waals surface area (Å²) in [5.74, 6) is -0.355. The van der Waals surface area contributed by atoms with E-state index in [0.29, 0.717) is 28.0 Å². The van der Waals surface area contributed by atoms with Crippen molar-refractivity contribution in [3.05, 3.63) is 74.5 Å². The first-order valence-electron chi connectivity index (χ1n) is 8.25. The summed E-state index contributed by atoms with van der Waals surface area (Å²) in [4.78, 5) is 12.6. The van der Waals surface area contributed by atoms with E-state index in [4.69, 9.17) is 23.2 Å². The SMILES string of the molecule is Cc1c(CO)cccc1NC(=O)c1nnn(Cc2ccc(Cl)c(Cl)c2)c1C. The van der Waals surface area contributed by atoms with E-state index in [9.17, 15) is 9.90 Å². The summed E-state index contributed by atoms with van der Waals surface area (Å²) in [6.07, 6.45) is 0. The normalized spacial score (nSPS) is 10.9. The number of aromatic nitrogens is 3. The monoisotopic (exact) mass is 404 g/mol. The van der Waals surface area contributed by atoms with Gasteiger partial charge in [0.2, 0.25) is 0 Å². The molecule has 1 amide bonds. The van der Waals surface area contributed by atoms with Gasteiger partial charge in [-0.25, -0.2) is 4.68 Å². The number of nitrogens with one attached hydrogen (secondary N) is 1. The largest absolute Gasteiger partial charge is 0.392 e. The number of benzene rings is 2. The number of aliphatic hydroxyl groups is 1. The van der Waals surface area contributed by atoms with Gasteiger partial charge in [0.05, 0.1) is 28.9 Å². The number of carbonyl (C=O) groups excluding carboxylic acids is 1. The van der Waals surface area contributed by atoms with Gasteiger partial charge in [0.1, 0.15) is 0 Å². The quantitative estimate of drug-likeness (QED) is 0.673. The van der Waals surface area contributed by atoms with Gasteiger partial charge in [-0.2, -0.15) is 0 Å². The van der Waals surface area contributed by atoms with Gasteiger partial charge in [-0.1, -0.05) is 46.6 Å². The highest BCUT2D eigenvalue weighted by Crippen LogP contribution is 2.23. The number of rotatable bonds is 5. The lowest BCUT2D eigenvalue weighted by Gasteiger charge is -2.10. The summed E-state index contributed by atoms with van der Waals surface area (Å²) in [6, 6.07) is 10.7. The topological polar surface area (TPSA) is 80.0 Å². The minimum Gasteiger partial charge on any atom is -0.392 e. The Morgan fingerprint density at radius 2 is 1.96 bits per heavy atom. The van der Waals surface area contributed by atoms with E-state index in [1.165, 1.54) is 0 Å². The molecule has 0 fully saturated rings. The average molecular weight is 405 g/mol. The second-order valence-corrected chi connectivity index (χ2v) is 6.95. The van der Waals surface area contributed by atoms with Gasteiger partial charge in [-0.3, -0.25) is 4.79 Å². The molecule has 1 heterocycles. The number of nitrogens with zero attached hydrogens (tertiary/aromatic N) is 3. The zero-order chi connectivity index (χ0) is 19.6. The second-order valence-electron chi connectivity index (χ2n) is 6.13. The molecule has 0 aliphatic carbocycles. The zero-order valence-corrected chi connectivity index (χ0v) is 16.3. The summed E-state index contributed by atoms with van der Waals surface area (Å²) >= 11 is 12.0. The van der Waals surface area contributed by atoms with Gasteiger partial charge in [0, 0.05) is 5.69 Å². The van der Waals surface area contributed by atoms with Crippen LogP contribution in [0.2, 0.25) is 10.0 Å². The molecule has 0 saturated carbocycles. The zero-order valence-electron chi connectivity index (χ0n) is 14.8. The Morgan fingerprint density at radius 3 is 2.67 bits per heavy atom.